The summed E-state index contributed by atoms with van der Waals surface area (Å²) in [7, 11) is -2.68. The quantitative estimate of drug-likeness (QED) is 0.334. The Balaban J connectivity index is 1.76. The fraction of sp³-hybridized carbons (Fsp3) is 0.227. The molecular weight excluding hydrogens is 574 g/mol. The lowest BCUT2D eigenvalue weighted by Crippen LogP contribution is -2.55. The summed E-state index contributed by atoms with van der Waals surface area (Å²) in [5, 5.41) is 21.1. The molecule has 0 bridgehead atoms. The van der Waals surface area contributed by atoms with Gasteiger partial charge in [-0.15, -0.1) is 10.2 Å². The van der Waals surface area contributed by atoms with Crippen molar-refractivity contribution < 1.29 is 49.5 Å². The lowest BCUT2D eigenvalue weighted by atomic mass is 9.78. The van der Waals surface area contributed by atoms with E-state index in [0.29, 0.717) is 21.5 Å². The van der Waals surface area contributed by atoms with Gasteiger partial charge < -0.3 is 10.4 Å². The van der Waals surface area contributed by atoms with Crippen molar-refractivity contribution in [2.45, 2.75) is 22.7 Å². The molecule has 40 heavy (non-hydrogen) atoms. The van der Waals surface area contributed by atoms with Gasteiger partial charge in [0.1, 0.15) is 5.69 Å². The lowest BCUT2D eigenvalue weighted by molar-refractivity contribution is -0.291. The summed E-state index contributed by atoms with van der Waals surface area (Å²) >= 11 is 0. The minimum Gasteiger partial charge on any atom is -0.464 e. The first kappa shape index (κ1) is 28.5. The Morgan fingerprint density at radius 1 is 0.975 bits per heavy atom. The molecule has 0 fully saturated rings. The third kappa shape index (κ3) is 4.63. The number of nitrogens with zero attached hydrogens (tertiary/aromatic N) is 5. The summed E-state index contributed by atoms with van der Waals surface area (Å²) in [5.74, 6) is -2.75. The van der Waals surface area contributed by atoms with Gasteiger partial charge in [-0.2, -0.15) is 31.1 Å². The zero-order valence-electron chi connectivity index (χ0n) is 20.1. The van der Waals surface area contributed by atoms with Gasteiger partial charge in [-0.1, -0.05) is 18.2 Å². The SMILES string of the molecule is Cn1nnc(C(c2ccc(NC(=O)c3c4ccc(S(C)(=O)=O)cc4cn3C(=O)O)cc2)(C(F)(F)F)C(F)(F)F)n1. The van der Waals surface area contributed by atoms with Gasteiger partial charge in [0, 0.05) is 28.9 Å². The standard InChI is InChI=1S/C22H16F6N6O5S/c1-33-31-18(30-32-33)20(21(23,24)25,22(26,27)28)12-3-5-13(6-4-12)29-17(35)16-15-8-7-14(40(2,38)39)9-11(15)10-34(16)19(36)37/h3-10H,1-2H3,(H,29,35)(H,36,37). The zero-order valence-corrected chi connectivity index (χ0v) is 20.9. The Hall–Kier alpha value is -4.48. The topological polar surface area (TPSA) is 149 Å². The molecule has 18 heteroatoms. The van der Waals surface area contributed by atoms with Crippen LogP contribution in [0.25, 0.3) is 10.8 Å². The number of hydrogen-bond donors (Lipinski definition) is 2. The van der Waals surface area contributed by atoms with Crippen LogP contribution in [0.4, 0.5) is 36.8 Å². The third-order valence-corrected chi connectivity index (χ3v) is 7.02. The smallest absolute Gasteiger partial charge is 0.416 e. The van der Waals surface area contributed by atoms with Crippen molar-refractivity contribution in [2.75, 3.05) is 11.6 Å². The van der Waals surface area contributed by atoms with E-state index in [1.807, 2.05) is 0 Å². The minimum absolute atomic E-state index is 0.0193. The Bertz CT molecular complexity index is 1730. The number of carbonyl (C=O) groups is 2. The molecule has 0 unspecified atom stereocenters. The van der Waals surface area contributed by atoms with E-state index in [2.05, 4.69) is 20.7 Å². The molecule has 1 amide bonds. The molecule has 0 saturated heterocycles. The second kappa shape index (κ2) is 9.32. The molecule has 0 atom stereocenters. The van der Waals surface area contributed by atoms with E-state index in [1.165, 1.54) is 6.07 Å². The fourth-order valence-electron chi connectivity index (χ4n) is 4.11. The molecule has 0 aliphatic rings. The molecule has 2 heterocycles. The molecule has 0 aliphatic carbocycles. The van der Waals surface area contributed by atoms with Crippen LogP contribution in [-0.4, -0.2) is 68.9 Å². The Morgan fingerprint density at radius 3 is 2.05 bits per heavy atom. The van der Waals surface area contributed by atoms with Crippen LogP contribution in [0.15, 0.2) is 53.6 Å². The molecule has 0 saturated carbocycles. The lowest BCUT2D eigenvalue weighted by Gasteiger charge is -2.35. The van der Waals surface area contributed by atoms with E-state index >= 15 is 0 Å². The third-order valence-electron chi connectivity index (χ3n) is 5.91. The fourth-order valence-corrected chi connectivity index (χ4v) is 4.76. The van der Waals surface area contributed by atoms with Crippen LogP contribution < -0.4 is 5.32 Å². The first-order valence-electron chi connectivity index (χ1n) is 10.8. The van der Waals surface area contributed by atoms with Crippen molar-refractivity contribution in [3.8, 4) is 0 Å². The number of nitrogens with one attached hydrogen (secondary N) is 1. The Labute approximate surface area is 219 Å². The number of alkyl halides is 6. The number of rotatable bonds is 5. The Kier molecular flexibility index (Phi) is 6.64. The second-order valence-electron chi connectivity index (χ2n) is 8.53. The number of carbonyl (C=O) groups excluding carboxylic acids is 1. The largest absolute Gasteiger partial charge is 0.464 e. The molecule has 11 nitrogen and oxygen atoms in total. The average molecular weight is 590 g/mol. The number of anilines is 1. The molecule has 2 N–H and O–H groups in total. The van der Waals surface area contributed by atoms with Gasteiger partial charge in [-0.3, -0.25) is 4.79 Å². The van der Waals surface area contributed by atoms with E-state index in [0.717, 1.165) is 43.8 Å². The number of tetrazole rings is 1. The minimum atomic E-state index is -5.95. The molecule has 2 aromatic carbocycles. The van der Waals surface area contributed by atoms with Gasteiger partial charge in [0.15, 0.2) is 9.84 Å². The highest BCUT2D eigenvalue weighted by Gasteiger charge is 2.75. The first-order valence-corrected chi connectivity index (χ1v) is 12.7. The normalized spacial score (nSPS) is 13.0. The number of aromatic nitrogens is 5. The highest BCUT2D eigenvalue weighted by Crippen LogP contribution is 2.55. The molecular formula is C22H16F6N6O5S. The molecule has 2 aromatic heterocycles. The first-order chi connectivity index (χ1) is 18.4. The molecule has 4 aromatic rings. The van der Waals surface area contributed by atoms with Crippen molar-refractivity contribution >= 4 is 38.3 Å². The summed E-state index contributed by atoms with van der Waals surface area (Å²) in [6.07, 6.45) is -11.6. The molecule has 212 valence electrons. The summed E-state index contributed by atoms with van der Waals surface area (Å²) in [6, 6.07) is 5.94. The number of sulfone groups is 1. The van der Waals surface area contributed by atoms with Crippen molar-refractivity contribution in [1.82, 2.24) is 24.8 Å². The van der Waals surface area contributed by atoms with Crippen molar-refractivity contribution in [3.63, 3.8) is 0 Å². The number of carboxylic acid groups (broad SMARTS) is 1. The molecule has 0 spiro atoms. The van der Waals surface area contributed by atoms with Crippen LogP contribution in [0.3, 0.4) is 0 Å². The van der Waals surface area contributed by atoms with Crippen molar-refractivity contribution in [3.05, 3.63) is 65.7 Å². The summed E-state index contributed by atoms with van der Waals surface area (Å²) in [5.41, 5.74) is -6.72. The van der Waals surface area contributed by atoms with Crippen LogP contribution in [0.1, 0.15) is 21.9 Å². The maximum Gasteiger partial charge on any atom is 0.416 e. The maximum absolute atomic E-state index is 14.1. The van der Waals surface area contributed by atoms with Crippen LogP contribution in [0, 0.1) is 0 Å². The predicted molar refractivity (Wildman–Crippen MR) is 125 cm³/mol. The highest BCUT2D eigenvalue weighted by molar-refractivity contribution is 7.90. The number of fused-ring (bicyclic) bond motifs is 1. The number of benzene rings is 2. The van der Waals surface area contributed by atoms with Gasteiger partial charge in [-0.05, 0) is 35.0 Å². The molecule has 4 rings (SSSR count). The van der Waals surface area contributed by atoms with Gasteiger partial charge in [0.05, 0.1) is 11.9 Å². The monoisotopic (exact) mass is 590 g/mol. The second-order valence-corrected chi connectivity index (χ2v) is 10.5. The van der Waals surface area contributed by atoms with Crippen molar-refractivity contribution in [2.24, 2.45) is 7.05 Å². The van der Waals surface area contributed by atoms with E-state index < -0.39 is 56.7 Å². The van der Waals surface area contributed by atoms with Crippen molar-refractivity contribution in [1.29, 1.82) is 0 Å². The van der Waals surface area contributed by atoms with Crippen LogP contribution in [0.5, 0.6) is 0 Å². The number of hydrogen-bond acceptors (Lipinski definition) is 7. The number of amides is 1. The zero-order chi connectivity index (χ0) is 29.8. The van der Waals surface area contributed by atoms with E-state index in [-0.39, 0.29) is 21.4 Å². The maximum atomic E-state index is 14.1. The van der Waals surface area contributed by atoms with Gasteiger partial charge in [0.25, 0.3) is 5.91 Å². The summed E-state index contributed by atoms with van der Waals surface area (Å²) in [6.45, 7) is 0. The highest BCUT2D eigenvalue weighted by atomic mass is 32.2. The van der Waals surface area contributed by atoms with Gasteiger partial charge in [0.2, 0.25) is 11.2 Å². The van der Waals surface area contributed by atoms with Crippen LogP contribution in [-0.2, 0) is 22.3 Å². The van der Waals surface area contributed by atoms with E-state index in [9.17, 15) is 49.5 Å². The van der Waals surface area contributed by atoms with E-state index in [4.69, 9.17) is 0 Å². The average Bonchev–Trinajstić information content (AvgIpc) is 3.41. The summed E-state index contributed by atoms with van der Waals surface area (Å²) < 4.78 is 109. The molecule has 0 radical (unpaired) electrons. The van der Waals surface area contributed by atoms with Crippen LogP contribution in [0.2, 0.25) is 0 Å². The molecule has 0 aliphatic heterocycles. The van der Waals surface area contributed by atoms with Gasteiger partial charge in [-0.25, -0.2) is 17.8 Å². The van der Waals surface area contributed by atoms with Crippen LogP contribution >= 0.6 is 0 Å². The number of halogens is 6. The Morgan fingerprint density at radius 2 is 1.57 bits per heavy atom. The number of aryl methyl sites for hydroxylation is 1. The summed E-state index contributed by atoms with van der Waals surface area (Å²) in [4.78, 5) is 25.0. The van der Waals surface area contributed by atoms with Gasteiger partial charge >= 0.3 is 18.4 Å². The predicted octanol–water partition coefficient (Wildman–Crippen LogP) is 3.76. The van der Waals surface area contributed by atoms with E-state index in [1.54, 1.807) is 0 Å².